The van der Waals surface area contributed by atoms with Gasteiger partial charge in [0.1, 0.15) is 0 Å². The summed E-state index contributed by atoms with van der Waals surface area (Å²) in [4.78, 5) is 21.1. The number of fused-ring (bicyclic) bond motifs is 1. The minimum atomic E-state index is 0.102. The normalized spacial score (nSPS) is 14.6. The van der Waals surface area contributed by atoms with Gasteiger partial charge in [0.2, 0.25) is 0 Å². The maximum atomic E-state index is 13.1. The van der Waals surface area contributed by atoms with Gasteiger partial charge in [-0.1, -0.05) is 65.2 Å². The van der Waals surface area contributed by atoms with Crippen LogP contribution in [0.25, 0.3) is 10.5 Å². The van der Waals surface area contributed by atoms with Crippen LogP contribution in [0.2, 0.25) is 0 Å². The second-order valence-corrected chi connectivity index (χ2v) is 10.6. The number of thiazole rings is 1. The molecule has 5 rings (SSSR count). The van der Waals surface area contributed by atoms with E-state index in [1.807, 2.05) is 19.2 Å². The molecule has 0 unspecified atom stereocenters. The van der Waals surface area contributed by atoms with Crippen molar-refractivity contribution in [3.05, 3.63) is 109 Å². The first kappa shape index (κ1) is 23.7. The maximum Gasteiger partial charge on any atom is 0.262 e. The van der Waals surface area contributed by atoms with Crippen molar-refractivity contribution in [2.45, 2.75) is 47.0 Å². The van der Waals surface area contributed by atoms with Crippen LogP contribution in [0.5, 0.6) is 0 Å². The van der Waals surface area contributed by atoms with Crippen LogP contribution < -0.4 is 5.56 Å². The van der Waals surface area contributed by atoms with E-state index in [1.54, 1.807) is 4.40 Å². The molecule has 0 atom stereocenters. The molecule has 5 heteroatoms. The summed E-state index contributed by atoms with van der Waals surface area (Å²) in [5.74, 6) is 0. The van der Waals surface area contributed by atoms with Gasteiger partial charge in [0.05, 0.1) is 0 Å². The second-order valence-electron chi connectivity index (χ2n) is 9.78. The lowest BCUT2D eigenvalue weighted by atomic mass is 9.88. The highest BCUT2D eigenvalue weighted by atomic mass is 32.1. The molecule has 0 radical (unpaired) electrons. The van der Waals surface area contributed by atoms with Crippen molar-refractivity contribution in [1.82, 2.24) is 14.3 Å². The van der Waals surface area contributed by atoms with E-state index in [0.717, 1.165) is 60.8 Å². The van der Waals surface area contributed by atoms with E-state index in [1.165, 1.54) is 44.7 Å². The van der Waals surface area contributed by atoms with E-state index >= 15 is 0 Å². The monoisotopic (exact) mass is 483 g/mol. The second kappa shape index (κ2) is 9.92. The van der Waals surface area contributed by atoms with Gasteiger partial charge in [-0.3, -0.25) is 9.20 Å². The zero-order valence-electron chi connectivity index (χ0n) is 21.1. The Labute approximate surface area is 211 Å². The van der Waals surface area contributed by atoms with E-state index in [0.29, 0.717) is 0 Å². The van der Waals surface area contributed by atoms with E-state index in [-0.39, 0.29) is 5.56 Å². The molecule has 0 spiro atoms. The summed E-state index contributed by atoms with van der Waals surface area (Å²) < 4.78 is 1.76. The van der Waals surface area contributed by atoms with Crippen LogP contribution in [-0.2, 0) is 6.42 Å². The summed E-state index contributed by atoms with van der Waals surface area (Å²) >= 11 is 1.53. The lowest BCUT2D eigenvalue weighted by Gasteiger charge is -2.30. The van der Waals surface area contributed by atoms with Gasteiger partial charge < -0.3 is 4.90 Å². The molecule has 180 valence electrons. The largest absolute Gasteiger partial charge is 0.302 e. The summed E-state index contributed by atoms with van der Waals surface area (Å²) in [6.45, 7) is 11.2. The number of hydrogen-bond acceptors (Lipinski definition) is 4. The lowest BCUT2D eigenvalue weighted by molar-refractivity contribution is 0.259. The Morgan fingerprint density at radius 1 is 0.886 bits per heavy atom. The van der Waals surface area contributed by atoms with Crippen molar-refractivity contribution < 1.29 is 0 Å². The van der Waals surface area contributed by atoms with E-state index in [9.17, 15) is 4.79 Å². The number of likely N-dealkylation sites (tertiary alicyclic amines) is 1. The molecule has 35 heavy (non-hydrogen) atoms. The number of aromatic nitrogens is 2. The summed E-state index contributed by atoms with van der Waals surface area (Å²) in [7, 11) is 0. The molecule has 1 fully saturated rings. The summed E-state index contributed by atoms with van der Waals surface area (Å²) in [5, 5.41) is 2.01. The van der Waals surface area contributed by atoms with Gasteiger partial charge in [-0.15, -0.1) is 11.3 Å². The minimum Gasteiger partial charge on any atom is -0.302 e. The molecule has 3 heterocycles. The zero-order chi connectivity index (χ0) is 24.5. The molecule has 4 aromatic rings. The van der Waals surface area contributed by atoms with Crippen molar-refractivity contribution >= 4 is 21.9 Å². The highest BCUT2D eigenvalue weighted by Crippen LogP contribution is 2.33. The molecule has 0 N–H and O–H groups in total. The predicted octanol–water partition coefficient (Wildman–Crippen LogP) is 6.13. The molecule has 1 aliphatic heterocycles. The fourth-order valence-electron chi connectivity index (χ4n) is 5.09. The first-order valence-corrected chi connectivity index (χ1v) is 13.3. The molecule has 2 aromatic carbocycles. The third-order valence-corrected chi connectivity index (χ3v) is 8.16. The van der Waals surface area contributed by atoms with Gasteiger partial charge in [-0.25, -0.2) is 4.98 Å². The van der Waals surface area contributed by atoms with Crippen LogP contribution >= 0.6 is 11.3 Å². The van der Waals surface area contributed by atoms with Crippen molar-refractivity contribution in [2.24, 2.45) is 0 Å². The Balaban J connectivity index is 1.35. The molecule has 1 saturated heterocycles. The number of piperidine rings is 1. The van der Waals surface area contributed by atoms with Crippen molar-refractivity contribution in [3.8, 4) is 0 Å². The average molecular weight is 484 g/mol. The molecule has 0 amide bonds. The zero-order valence-corrected chi connectivity index (χ0v) is 21.9. The quantitative estimate of drug-likeness (QED) is 0.343. The highest BCUT2D eigenvalue weighted by Gasteiger charge is 2.20. The fourth-order valence-corrected chi connectivity index (χ4v) is 5.99. The highest BCUT2D eigenvalue weighted by molar-refractivity contribution is 7.15. The Hall–Kier alpha value is -3.02. The number of benzene rings is 2. The molecular weight excluding hydrogens is 450 g/mol. The SMILES string of the molecule is Cc1ccc(C(=C2CCN(CCc3c(C)nc4scc(C)n4c3=O)CC2)c2ccc(C)cc2)cc1. The Morgan fingerprint density at radius 2 is 1.46 bits per heavy atom. The summed E-state index contributed by atoms with van der Waals surface area (Å²) in [6, 6.07) is 17.9. The van der Waals surface area contributed by atoms with E-state index in [4.69, 9.17) is 4.98 Å². The van der Waals surface area contributed by atoms with Crippen LogP contribution in [-0.4, -0.2) is 33.9 Å². The van der Waals surface area contributed by atoms with Gasteiger partial charge in [0, 0.05) is 42.0 Å². The topological polar surface area (TPSA) is 37.6 Å². The van der Waals surface area contributed by atoms with E-state index < -0.39 is 0 Å². The first-order valence-electron chi connectivity index (χ1n) is 12.5. The fraction of sp³-hybridized carbons (Fsp3) is 0.333. The number of rotatable bonds is 5. The van der Waals surface area contributed by atoms with Crippen LogP contribution in [0.1, 0.15) is 52.0 Å². The first-order chi connectivity index (χ1) is 16.9. The molecule has 1 aliphatic rings. The van der Waals surface area contributed by atoms with Gasteiger partial charge in [0.25, 0.3) is 5.56 Å². The minimum absolute atomic E-state index is 0.102. The maximum absolute atomic E-state index is 13.1. The van der Waals surface area contributed by atoms with Crippen LogP contribution in [0.15, 0.2) is 64.3 Å². The van der Waals surface area contributed by atoms with E-state index in [2.05, 4.69) is 67.3 Å². The molecule has 0 bridgehead atoms. The standard InChI is InChI=1S/C30H33N3OS/c1-20-5-9-24(10-6-20)28(25-11-7-21(2)8-12-25)26-13-16-32(17-14-26)18-15-27-23(4)31-30-33(29(27)34)22(3)19-35-30/h5-12,19H,13-18H2,1-4H3. The van der Waals surface area contributed by atoms with Crippen LogP contribution in [0.4, 0.5) is 0 Å². The van der Waals surface area contributed by atoms with Crippen molar-refractivity contribution in [1.29, 1.82) is 0 Å². The molecular formula is C30H33N3OS. The third kappa shape index (κ3) is 4.89. The number of nitrogens with zero attached hydrogens (tertiary/aromatic N) is 3. The van der Waals surface area contributed by atoms with Gasteiger partial charge in [0.15, 0.2) is 4.96 Å². The van der Waals surface area contributed by atoms with Crippen LogP contribution in [0.3, 0.4) is 0 Å². The lowest BCUT2D eigenvalue weighted by Crippen LogP contribution is -2.34. The van der Waals surface area contributed by atoms with Gasteiger partial charge >= 0.3 is 0 Å². The Bertz CT molecular complexity index is 1380. The summed E-state index contributed by atoms with van der Waals surface area (Å²) in [6.07, 6.45) is 2.85. The summed E-state index contributed by atoms with van der Waals surface area (Å²) in [5.41, 5.74) is 10.9. The van der Waals surface area contributed by atoms with Gasteiger partial charge in [-0.2, -0.15) is 0 Å². The van der Waals surface area contributed by atoms with Gasteiger partial charge in [-0.05, 0) is 63.7 Å². The molecule has 2 aromatic heterocycles. The average Bonchev–Trinajstić information content (AvgIpc) is 3.22. The number of hydrogen-bond donors (Lipinski definition) is 0. The molecule has 0 aliphatic carbocycles. The van der Waals surface area contributed by atoms with Crippen LogP contribution in [0, 0.1) is 27.7 Å². The predicted molar refractivity (Wildman–Crippen MR) is 147 cm³/mol. The Kier molecular flexibility index (Phi) is 6.72. The van der Waals surface area contributed by atoms with Crippen molar-refractivity contribution in [3.63, 3.8) is 0 Å². The third-order valence-electron chi connectivity index (χ3n) is 7.21. The number of aryl methyl sites for hydroxylation is 4. The van der Waals surface area contributed by atoms with Crippen molar-refractivity contribution in [2.75, 3.05) is 19.6 Å². The Morgan fingerprint density at radius 3 is 2.03 bits per heavy atom. The smallest absolute Gasteiger partial charge is 0.262 e. The molecule has 4 nitrogen and oxygen atoms in total. The molecule has 0 saturated carbocycles.